The van der Waals surface area contributed by atoms with Crippen LogP contribution in [0.25, 0.3) is 10.9 Å². The number of hydrogen-bond donors (Lipinski definition) is 0. The van der Waals surface area contributed by atoms with Crippen molar-refractivity contribution in [3.8, 4) is 0 Å². The Bertz CT molecular complexity index is 933. The molecule has 3 rings (SSSR count). The van der Waals surface area contributed by atoms with Crippen molar-refractivity contribution >= 4 is 46.1 Å². The molecule has 0 saturated heterocycles. The summed E-state index contributed by atoms with van der Waals surface area (Å²) in [7, 11) is 1.33. The fraction of sp³-hybridized carbons (Fsp3) is 0.158. The molecular formula is C19H16ClNO3S. The van der Waals surface area contributed by atoms with Crippen LogP contribution in [-0.2, 0) is 4.74 Å². The molecule has 0 saturated carbocycles. The molecule has 1 heterocycles. The molecule has 0 aliphatic rings. The fourth-order valence-corrected chi connectivity index (χ4v) is 3.64. The summed E-state index contributed by atoms with van der Waals surface area (Å²) in [5.74, 6) is -0.563. The van der Waals surface area contributed by atoms with Crippen LogP contribution in [0.3, 0.4) is 0 Å². The monoisotopic (exact) mass is 373 g/mol. The number of aromatic nitrogens is 1. The fourth-order valence-electron chi connectivity index (χ4n) is 2.60. The summed E-state index contributed by atoms with van der Waals surface area (Å²) in [4.78, 5) is 25.9. The molecule has 2 aromatic carbocycles. The zero-order chi connectivity index (χ0) is 18.0. The molecule has 0 unspecified atom stereocenters. The van der Waals surface area contributed by atoms with Crippen molar-refractivity contribution in [3.05, 3.63) is 65.3 Å². The van der Waals surface area contributed by atoms with Crippen LogP contribution >= 0.6 is 23.4 Å². The van der Waals surface area contributed by atoms with Gasteiger partial charge in [-0.15, -0.1) is 11.8 Å². The molecular weight excluding hydrogens is 358 g/mol. The highest BCUT2D eigenvalue weighted by atomic mass is 35.5. The SMILES string of the molecule is COC(=O)c1cn(C(=O)[C@H](C)Sc2ccc(Cl)cc2)c2ccccc12. The van der Waals surface area contributed by atoms with Crippen LogP contribution in [0.1, 0.15) is 22.1 Å². The topological polar surface area (TPSA) is 48.3 Å². The van der Waals surface area contributed by atoms with E-state index >= 15 is 0 Å². The number of fused-ring (bicyclic) bond motifs is 1. The quantitative estimate of drug-likeness (QED) is 0.482. The van der Waals surface area contributed by atoms with Gasteiger partial charge in [0, 0.05) is 21.5 Å². The van der Waals surface area contributed by atoms with E-state index in [-0.39, 0.29) is 11.2 Å². The van der Waals surface area contributed by atoms with Crippen molar-refractivity contribution in [3.63, 3.8) is 0 Å². The minimum atomic E-state index is -0.458. The summed E-state index contributed by atoms with van der Waals surface area (Å²) in [6.45, 7) is 1.84. The highest BCUT2D eigenvalue weighted by Crippen LogP contribution is 2.28. The maximum Gasteiger partial charge on any atom is 0.340 e. The van der Waals surface area contributed by atoms with Gasteiger partial charge in [0.2, 0.25) is 5.91 Å². The lowest BCUT2D eigenvalue weighted by atomic mass is 10.2. The van der Waals surface area contributed by atoms with Crippen LogP contribution in [0.15, 0.2) is 59.6 Å². The first kappa shape index (κ1) is 17.6. The van der Waals surface area contributed by atoms with Gasteiger partial charge >= 0.3 is 5.97 Å². The Morgan fingerprint density at radius 2 is 1.80 bits per heavy atom. The van der Waals surface area contributed by atoms with Gasteiger partial charge < -0.3 is 4.74 Å². The summed E-state index contributed by atoms with van der Waals surface area (Å²) >= 11 is 7.34. The third kappa shape index (κ3) is 3.57. The van der Waals surface area contributed by atoms with E-state index in [2.05, 4.69) is 0 Å². The average Bonchev–Trinajstić information content (AvgIpc) is 3.02. The number of benzene rings is 2. The second-order valence-electron chi connectivity index (χ2n) is 5.47. The standard InChI is InChI=1S/C19H16ClNO3S/c1-12(25-14-9-7-13(20)8-10-14)18(22)21-11-16(19(23)24-2)15-5-3-4-6-17(15)21/h3-12H,1-2H3/t12-/m0/s1. The third-order valence-electron chi connectivity index (χ3n) is 3.83. The van der Waals surface area contributed by atoms with Crippen molar-refractivity contribution in [1.29, 1.82) is 0 Å². The Morgan fingerprint density at radius 3 is 2.48 bits per heavy atom. The van der Waals surface area contributed by atoms with Gasteiger partial charge in [-0.05, 0) is 37.3 Å². The molecule has 0 aliphatic carbocycles. The predicted molar refractivity (Wildman–Crippen MR) is 101 cm³/mol. The lowest BCUT2D eigenvalue weighted by Crippen LogP contribution is -2.20. The molecule has 0 bridgehead atoms. The predicted octanol–water partition coefficient (Wildman–Crippen LogP) is 4.90. The van der Waals surface area contributed by atoms with Gasteiger partial charge in [-0.25, -0.2) is 4.79 Å². The smallest absolute Gasteiger partial charge is 0.340 e. The number of esters is 1. The van der Waals surface area contributed by atoms with Crippen LogP contribution < -0.4 is 0 Å². The van der Waals surface area contributed by atoms with Crippen molar-refractivity contribution in [2.24, 2.45) is 0 Å². The number of carbonyl (C=O) groups excluding carboxylic acids is 2. The van der Waals surface area contributed by atoms with Crippen molar-refractivity contribution in [1.82, 2.24) is 4.57 Å². The number of hydrogen-bond acceptors (Lipinski definition) is 4. The van der Waals surface area contributed by atoms with E-state index in [9.17, 15) is 9.59 Å². The molecule has 0 radical (unpaired) electrons. The first-order valence-corrected chi connectivity index (χ1v) is 8.92. The van der Waals surface area contributed by atoms with Gasteiger partial charge in [0.1, 0.15) is 0 Å². The summed E-state index contributed by atoms with van der Waals surface area (Å²) in [5.41, 5.74) is 1.08. The Balaban J connectivity index is 1.93. The second kappa shape index (κ2) is 7.33. The van der Waals surface area contributed by atoms with E-state index < -0.39 is 5.97 Å². The lowest BCUT2D eigenvalue weighted by Gasteiger charge is -2.12. The first-order chi connectivity index (χ1) is 12.0. The van der Waals surface area contributed by atoms with Crippen molar-refractivity contribution in [2.45, 2.75) is 17.1 Å². The number of ether oxygens (including phenoxy) is 1. The number of nitrogens with zero attached hydrogens (tertiary/aromatic N) is 1. The summed E-state index contributed by atoms with van der Waals surface area (Å²) < 4.78 is 6.35. The number of methoxy groups -OCH3 is 1. The van der Waals surface area contributed by atoms with Crippen LogP contribution in [0.5, 0.6) is 0 Å². The molecule has 1 atom stereocenters. The summed E-state index contributed by atoms with van der Waals surface area (Å²) in [6, 6.07) is 14.6. The van der Waals surface area contributed by atoms with Gasteiger partial charge in [0.05, 0.1) is 23.4 Å². The van der Waals surface area contributed by atoms with Gasteiger partial charge in [-0.3, -0.25) is 9.36 Å². The Hall–Kier alpha value is -2.24. The van der Waals surface area contributed by atoms with Crippen LogP contribution in [0, 0.1) is 0 Å². The molecule has 0 N–H and O–H groups in total. The van der Waals surface area contributed by atoms with E-state index in [1.807, 2.05) is 43.3 Å². The number of carbonyl (C=O) groups is 2. The van der Waals surface area contributed by atoms with Gasteiger partial charge in [0.15, 0.2) is 0 Å². The van der Waals surface area contributed by atoms with Crippen LogP contribution in [0.4, 0.5) is 0 Å². The van der Waals surface area contributed by atoms with Crippen LogP contribution in [-0.4, -0.2) is 28.8 Å². The lowest BCUT2D eigenvalue weighted by molar-refractivity contribution is 0.0603. The zero-order valence-electron chi connectivity index (χ0n) is 13.7. The Morgan fingerprint density at radius 1 is 1.12 bits per heavy atom. The van der Waals surface area contributed by atoms with Crippen molar-refractivity contribution in [2.75, 3.05) is 7.11 Å². The minimum Gasteiger partial charge on any atom is -0.465 e. The highest BCUT2D eigenvalue weighted by Gasteiger charge is 2.22. The number of rotatable bonds is 4. The molecule has 0 aliphatic heterocycles. The molecule has 4 nitrogen and oxygen atoms in total. The van der Waals surface area contributed by atoms with Crippen LogP contribution in [0.2, 0.25) is 5.02 Å². The Kier molecular flexibility index (Phi) is 5.16. The molecule has 3 aromatic rings. The summed E-state index contributed by atoms with van der Waals surface area (Å²) in [5, 5.41) is 1.02. The van der Waals surface area contributed by atoms with Crippen molar-refractivity contribution < 1.29 is 14.3 Å². The normalized spacial score (nSPS) is 12.1. The Labute approximate surface area is 154 Å². The largest absolute Gasteiger partial charge is 0.465 e. The van der Waals surface area contributed by atoms with E-state index in [0.29, 0.717) is 21.5 Å². The molecule has 25 heavy (non-hydrogen) atoms. The first-order valence-electron chi connectivity index (χ1n) is 7.66. The molecule has 0 spiro atoms. The van der Waals surface area contributed by atoms with Gasteiger partial charge in [-0.1, -0.05) is 29.8 Å². The van der Waals surface area contributed by atoms with E-state index in [1.54, 1.807) is 18.3 Å². The van der Waals surface area contributed by atoms with Gasteiger partial charge in [0.25, 0.3) is 0 Å². The van der Waals surface area contributed by atoms with E-state index in [1.165, 1.54) is 23.4 Å². The van der Waals surface area contributed by atoms with E-state index in [4.69, 9.17) is 16.3 Å². The molecule has 6 heteroatoms. The average molecular weight is 374 g/mol. The molecule has 0 fully saturated rings. The number of thioether (sulfide) groups is 1. The molecule has 0 amide bonds. The number of halogens is 1. The molecule has 1 aromatic heterocycles. The van der Waals surface area contributed by atoms with Gasteiger partial charge in [-0.2, -0.15) is 0 Å². The second-order valence-corrected chi connectivity index (χ2v) is 7.32. The summed E-state index contributed by atoms with van der Waals surface area (Å²) in [6.07, 6.45) is 1.55. The third-order valence-corrected chi connectivity index (χ3v) is 5.18. The van der Waals surface area contributed by atoms with E-state index in [0.717, 1.165) is 4.90 Å². The maximum absolute atomic E-state index is 12.9. The molecule has 128 valence electrons. The zero-order valence-corrected chi connectivity index (χ0v) is 15.3. The highest BCUT2D eigenvalue weighted by molar-refractivity contribution is 8.00. The minimum absolute atomic E-state index is 0.105. The maximum atomic E-state index is 12.9. The number of para-hydroxylation sites is 1.